The van der Waals surface area contributed by atoms with E-state index in [4.69, 9.17) is 15.5 Å². The summed E-state index contributed by atoms with van der Waals surface area (Å²) in [5.74, 6) is -3.53. The van der Waals surface area contributed by atoms with Crippen LogP contribution in [0.3, 0.4) is 0 Å². The number of ether oxygens (including phenoxy) is 1. The van der Waals surface area contributed by atoms with E-state index in [1.54, 1.807) is 6.92 Å². The number of amides is 2. The Balaban J connectivity index is 1.41. The summed E-state index contributed by atoms with van der Waals surface area (Å²) in [5.41, 5.74) is 4.21. The third-order valence-electron chi connectivity index (χ3n) is 8.61. The van der Waals surface area contributed by atoms with Gasteiger partial charge in [-0.15, -0.1) is 0 Å². The quantitative estimate of drug-likeness (QED) is 0.277. The molecular weight excluding hydrogens is 615 g/mol. The molecule has 3 N–H and O–H groups in total. The molecule has 0 aliphatic carbocycles. The molecule has 2 fully saturated rings. The maximum Gasteiger partial charge on any atom is 0.433 e. The maximum atomic E-state index is 15.7. The van der Waals surface area contributed by atoms with E-state index >= 15 is 8.78 Å². The van der Waals surface area contributed by atoms with Gasteiger partial charge in [0.15, 0.2) is 5.82 Å². The molecule has 6 rings (SSSR count). The number of carbonyl (C=O) groups excluding carboxylic acids is 2. The van der Waals surface area contributed by atoms with Crippen LogP contribution in [0.25, 0.3) is 16.8 Å². The predicted molar refractivity (Wildman–Crippen MR) is 156 cm³/mol. The first-order chi connectivity index (χ1) is 21.6. The molecule has 5 heterocycles. The highest BCUT2D eigenvalue weighted by Gasteiger charge is 2.48. The van der Waals surface area contributed by atoms with E-state index in [1.807, 2.05) is 18.7 Å². The number of alkyl halides is 3. The largest absolute Gasteiger partial charge is 0.493 e. The number of nitrogens with zero attached hydrogens (tertiary/aromatic N) is 6. The fraction of sp³-hybridized carbons (Fsp3) is 0.433. The molecule has 0 unspecified atom stereocenters. The van der Waals surface area contributed by atoms with Crippen LogP contribution in [0.1, 0.15) is 67.8 Å². The zero-order valence-corrected chi connectivity index (χ0v) is 25.4. The number of anilines is 2. The van der Waals surface area contributed by atoms with Crippen LogP contribution in [0.4, 0.5) is 33.6 Å². The standard InChI is InChI=1S/C30H31F5N8O3/c1-5-46-19-9-16(27(44)38-22-10-20(30(33,34)35)41(4)40-22)18(31)8-17(19)23-24-25(36)37-12-21(32)43(24)26(39-23)14-6-7-15-11-29(2,3)28(45)42(15)13-14/h8-10,12,14-15H,5-7,11,13H2,1-4H3,(H2,36,37)(H,38,40,44)/t14-,15+/m1/s1. The first-order valence-electron chi connectivity index (χ1n) is 14.6. The third-order valence-corrected chi connectivity index (χ3v) is 8.61. The van der Waals surface area contributed by atoms with Crippen molar-refractivity contribution in [2.75, 3.05) is 24.2 Å². The smallest absolute Gasteiger partial charge is 0.433 e. The Morgan fingerprint density at radius 1 is 1.20 bits per heavy atom. The van der Waals surface area contributed by atoms with Gasteiger partial charge in [0.25, 0.3) is 5.91 Å². The van der Waals surface area contributed by atoms with Crippen molar-refractivity contribution >= 4 is 29.0 Å². The predicted octanol–water partition coefficient (Wildman–Crippen LogP) is 5.16. The fourth-order valence-electron chi connectivity index (χ4n) is 6.52. The number of aromatic nitrogens is 5. The van der Waals surface area contributed by atoms with Gasteiger partial charge < -0.3 is 20.7 Å². The van der Waals surface area contributed by atoms with Crippen molar-refractivity contribution in [1.82, 2.24) is 29.0 Å². The number of aryl methyl sites for hydroxylation is 1. The van der Waals surface area contributed by atoms with E-state index in [2.05, 4.69) is 15.4 Å². The molecule has 3 aromatic heterocycles. The van der Waals surface area contributed by atoms with E-state index < -0.39 is 46.3 Å². The number of hydrogen-bond acceptors (Lipinski definition) is 7. The molecule has 0 bridgehead atoms. The molecule has 4 aromatic rings. The van der Waals surface area contributed by atoms with Gasteiger partial charge in [-0.05, 0) is 38.3 Å². The van der Waals surface area contributed by atoms with Crippen molar-refractivity contribution in [3.63, 3.8) is 0 Å². The Morgan fingerprint density at radius 3 is 2.61 bits per heavy atom. The van der Waals surface area contributed by atoms with Crippen molar-refractivity contribution in [3.8, 4) is 17.0 Å². The number of rotatable bonds is 6. The van der Waals surface area contributed by atoms with Crippen LogP contribution in [-0.2, 0) is 18.0 Å². The highest BCUT2D eigenvalue weighted by molar-refractivity contribution is 6.05. The van der Waals surface area contributed by atoms with Gasteiger partial charge in [-0.2, -0.15) is 22.7 Å². The minimum Gasteiger partial charge on any atom is -0.493 e. The fourth-order valence-corrected chi connectivity index (χ4v) is 6.52. The summed E-state index contributed by atoms with van der Waals surface area (Å²) in [5, 5.41) is 5.83. The van der Waals surface area contributed by atoms with E-state index in [-0.39, 0.29) is 58.6 Å². The second-order valence-corrected chi connectivity index (χ2v) is 12.2. The average Bonchev–Trinajstić information content (AvgIpc) is 3.63. The molecular formula is C30H31F5N8O3. The molecule has 11 nitrogen and oxygen atoms in total. The maximum absolute atomic E-state index is 15.7. The summed E-state index contributed by atoms with van der Waals surface area (Å²) >= 11 is 0. The number of benzene rings is 1. The number of halogens is 5. The van der Waals surface area contributed by atoms with Crippen molar-refractivity contribution in [1.29, 1.82) is 0 Å². The second-order valence-electron chi connectivity index (χ2n) is 12.2. The summed E-state index contributed by atoms with van der Waals surface area (Å²) in [7, 11) is 1.06. The normalized spacial score (nSPS) is 19.5. The van der Waals surface area contributed by atoms with E-state index in [0.717, 1.165) is 31.8 Å². The Bertz CT molecular complexity index is 1880. The molecule has 0 saturated carbocycles. The first kappa shape index (κ1) is 31.2. The molecule has 1 aromatic carbocycles. The summed E-state index contributed by atoms with van der Waals surface area (Å²) in [6.45, 7) is 5.84. The lowest BCUT2D eigenvalue weighted by Gasteiger charge is -2.34. The van der Waals surface area contributed by atoms with Crippen LogP contribution < -0.4 is 15.8 Å². The van der Waals surface area contributed by atoms with Gasteiger partial charge in [0.05, 0.1) is 18.4 Å². The topological polar surface area (TPSA) is 133 Å². The molecule has 2 atom stereocenters. The number of carbonyl (C=O) groups is 2. The lowest BCUT2D eigenvalue weighted by Crippen LogP contribution is -2.42. The van der Waals surface area contributed by atoms with Crippen molar-refractivity contribution in [2.24, 2.45) is 12.5 Å². The van der Waals surface area contributed by atoms with Gasteiger partial charge in [-0.25, -0.2) is 14.4 Å². The molecule has 0 spiro atoms. The minimum absolute atomic E-state index is 0.0126. The van der Waals surface area contributed by atoms with Gasteiger partial charge in [-0.1, -0.05) is 13.8 Å². The van der Waals surface area contributed by atoms with Crippen molar-refractivity contribution < 1.29 is 36.3 Å². The zero-order valence-electron chi connectivity index (χ0n) is 25.4. The Morgan fingerprint density at radius 2 is 1.93 bits per heavy atom. The van der Waals surface area contributed by atoms with E-state index in [1.165, 1.54) is 4.40 Å². The summed E-state index contributed by atoms with van der Waals surface area (Å²) in [6, 6.07) is 2.76. The number of piperidine rings is 1. The molecule has 16 heteroatoms. The van der Waals surface area contributed by atoms with Gasteiger partial charge >= 0.3 is 6.18 Å². The average molecular weight is 647 g/mol. The highest BCUT2D eigenvalue weighted by atomic mass is 19.4. The van der Waals surface area contributed by atoms with Gasteiger partial charge in [0.2, 0.25) is 11.9 Å². The number of imidazole rings is 1. The Kier molecular flexibility index (Phi) is 7.43. The first-order valence-corrected chi connectivity index (χ1v) is 14.6. The molecule has 244 valence electrons. The number of nitrogens with one attached hydrogen (secondary N) is 1. The van der Waals surface area contributed by atoms with Gasteiger partial charge in [0, 0.05) is 42.6 Å². The Hall–Kier alpha value is -4.76. The number of hydrogen-bond donors (Lipinski definition) is 2. The third kappa shape index (κ3) is 5.18. The van der Waals surface area contributed by atoms with Crippen LogP contribution in [0, 0.1) is 17.2 Å². The molecule has 2 aliphatic rings. The van der Waals surface area contributed by atoms with Crippen LogP contribution in [0.2, 0.25) is 0 Å². The Labute approximate surface area is 259 Å². The molecule has 2 amide bonds. The van der Waals surface area contributed by atoms with Gasteiger partial charge in [-0.3, -0.25) is 18.7 Å². The molecule has 2 saturated heterocycles. The zero-order chi connectivity index (χ0) is 33.3. The summed E-state index contributed by atoms with van der Waals surface area (Å²) in [4.78, 5) is 36.6. The van der Waals surface area contributed by atoms with Gasteiger partial charge in [0.1, 0.15) is 40.1 Å². The molecule has 0 radical (unpaired) electrons. The lowest BCUT2D eigenvalue weighted by atomic mass is 9.87. The number of nitrogens with two attached hydrogens (primary N) is 1. The molecule has 46 heavy (non-hydrogen) atoms. The summed E-state index contributed by atoms with van der Waals surface area (Å²) < 4.78 is 78.3. The molecule has 2 aliphatic heterocycles. The van der Waals surface area contributed by atoms with Crippen LogP contribution >= 0.6 is 0 Å². The van der Waals surface area contributed by atoms with E-state index in [0.29, 0.717) is 30.1 Å². The van der Waals surface area contributed by atoms with Crippen LogP contribution in [-0.4, -0.2) is 60.1 Å². The second kappa shape index (κ2) is 10.9. The van der Waals surface area contributed by atoms with E-state index in [9.17, 15) is 22.8 Å². The summed E-state index contributed by atoms with van der Waals surface area (Å²) in [6.07, 6.45) is -1.75. The number of nitrogen functional groups attached to an aromatic ring is 1. The van der Waals surface area contributed by atoms with Crippen molar-refractivity contribution in [3.05, 3.63) is 53.2 Å². The highest BCUT2D eigenvalue weighted by Crippen LogP contribution is 2.45. The monoisotopic (exact) mass is 646 g/mol. The minimum atomic E-state index is -4.72. The lowest BCUT2D eigenvalue weighted by molar-refractivity contribution is -0.143. The van der Waals surface area contributed by atoms with Crippen LogP contribution in [0.15, 0.2) is 24.4 Å². The SMILES string of the molecule is CCOc1cc(C(=O)Nc2cc(C(F)(F)F)n(C)n2)c(F)cc1-c1nc([C@@H]2CC[C@H]3CC(C)(C)C(=O)N3C2)n2c(F)cnc(N)c12. The van der Waals surface area contributed by atoms with Crippen LogP contribution in [0.5, 0.6) is 5.75 Å². The number of fused-ring (bicyclic) bond motifs is 2. The van der Waals surface area contributed by atoms with Crippen molar-refractivity contribution in [2.45, 2.75) is 58.2 Å².